The predicted octanol–water partition coefficient (Wildman–Crippen LogP) is 6.71. The second kappa shape index (κ2) is 16.6. The van der Waals surface area contributed by atoms with E-state index in [4.69, 9.17) is 0 Å². The molecule has 0 bridgehead atoms. The fraction of sp³-hybridized carbons (Fsp3) is 1.00. The summed E-state index contributed by atoms with van der Waals surface area (Å²) >= 11 is 0. The SMILES string of the molecule is CCCCCCCCCCCCCCCC[N+](C)(C)C.Cl.[H+]. The normalized spacial score (nSPS) is 11.4. The molecule has 0 fully saturated rings. The number of halogens is 1. The summed E-state index contributed by atoms with van der Waals surface area (Å²) in [6.45, 7) is 3.63. The highest BCUT2D eigenvalue weighted by molar-refractivity contribution is 5.85. The molecule has 1 nitrogen and oxygen atoms in total. The van der Waals surface area contributed by atoms with Crippen molar-refractivity contribution in [2.24, 2.45) is 0 Å². The molecule has 0 aliphatic carbocycles. The van der Waals surface area contributed by atoms with Gasteiger partial charge in [0.05, 0.1) is 27.7 Å². The van der Waals surface area contributed by atoms with Gasteiger partial charge in [-0.25, -0.2) is 0 Å². The van der Waals surface area contributed by atoms with Crippen LogP contribution in [0.3, 0.4) is 0 Å². The van der Waals surface area contributed by atoms with E-state index in [0.29, 0.717) is 0 Å². The molecule has 0 aromatic rings. The van der Waals surface area contributed by atoms with Crippen LogP contribution in [0.4, 0.5) is 0 Å². The number of unbranched alkanes of at least 4 members (excludes halogenated alkanes) is 13. The molecule has 0 aromatic heterocycles. The third-order valence-electron chi connectivity index (χ3n) is 4.18. The second-order valence-electron chi connectivity index (χ2n) is 7.61. The van der Waals surface area contributed by atoms with Gasteiger partial charge in [0.15, 0.2) is 0 Å². The maximum atomic E-state index is 2.29. The van der Waals surface area contributed by atoms with Gasteiger partial charge in [-0.2, -0.15) is 0 Å². The first-order valence-corrected chi connectivity index (χ1v) is 9.36. The van der Waals surface area contributed by atoms with Gasteiger partial charge in [0.1, 0.15) is 0 Å². The van der Waals surface area contributed by atoms with Gasteiger partial charge in [-0.1, -0.05) is 84.0 Å². The topological polar surface area (TPSA) is 0 Å². The average molecular weight is 322 g/mol. The van der Waals surface area contributed by atoms with Crippen LogP contribution in [0.5, 0.6) is 0 Å². The van der Waals surface area contributed by atoms with Crippen molar-refractivity contribution < 1.29 is 5.91 Å². The molecule has 0 amide bonds. The molecular formula is C19H44ClN+2. The van der Waals surface area contributed by atoms with Crippen molar-refractivity contribution in [3.8, 4) is 0 Å². The minimum absolute atomic E-state index is 0. The third kappa shape index (κ3) is 22.7. The highest BCUT2D eigenvalue weighted by Crippen LogP contribution is 2.13. The molecule has 0 aromatic carbocycles. The molecule has 2 heteroatoms. The highest BCUT2D eigenvalue weighted by Gasteiger charge is 2.04. The minimum atomic E-state index is 0. The maximum Gasteiger partial charge on any atom is 1.00 e. The summed E-state index contributed by atoms with van der Waals surface area (Å²) in [5.41, 5.74) is 0. The monoisotopic (exact) mass is 321 g/mol. The molecule has 21 heavy (non-hydrogen) atoms. The summed E-state index contributed by atoms with van der Waals surface area (Å²) < 4.78 is 1.12. The molecular weight excluding hydrogens is 278 g/mol. The maximum absolute atomic E-state index is 2.29. The van der Waals surface area contributed by atoms with Gasteiger partial charge in [0.25, 0.3) is 0 Å². The Morgan fingerprint density at radius 1 is 0.524 bits per heavy atom. The summed E-state index contributed by atoms with van der Waals surface area (Å²) in [5.74, 6) is 0. The van der Waals surface area contributed by atoms with E-state index in [-0.39, 0.29) is 13.8 Å². The van der Waals surface area contributed by atoms with Crippen molar-refractivity contribution in [3.63, 3.8) is 0 Å². The average Bonchev–Trinajstić information content (AvgIpc) is 2.38. The first-order valence-electron chi connectivity index (χ1n) is 9.36. The minimum Gasteiger partial charge on any atom is -0.331 e. The zero-order chi connectivity index (χ0) is 15.1. The van der Waals surface area contributed by atoms with E-state index in [1.54, 1.807) is 0 Å². The Hall–Kier alpha value is 0.250. The molecule has 0 radical (unpaired) electrons. The van der Waals surface area contributed by atoms with E-state index in [1.807, 2.05) is 0 Å². The first-order chi connectivity index (χ1) is 9.56. The van der Waals surface area contributed by atoms with Crippen LogP contribution in [0.1, 0.15) is 98.2 Å². The van der Waals surface area contributed by atoms with Gasteiger partial charge in [-0.3, -0.25) is 0 Å². The Morgan fingerprint density at radius 2 is 0.810 bits per heavy atom. The zero-order valence-electron chi connectivity index (χ0n) is 16.5. The van der Waals surface area contributed by atoms with Crippen molar-refractivity contribution >= 4 is 12.4 Å². The molecule has 0 rings (SSSR count). The number of rotatable bonds is 15. The van der Waals surface area contributed by atoms with Crippen LogP contribution < -0.4 is 0 Å². The van der Waals surface area contributed by atoms with E-state index in [9.17, 15) is 0 Å². The lowest BCUT2D eigenvalue weighted by Gasteiger charge is -2.23. The quantitative estimate of drug-likeness (QED) is 0.232. The number of hydrogen-bond acceptors (Lipinski definition) is 0. The fourth-order valence-electron chi connectivity index (χ4n) is 2.78. The van der Waals surface area contributed by atoms with Gasteiger partial charge in [-0.05, 0) is 12.8 Å². The Kier molecular flexibility index (Phi) is 18.6. The van der Waals surface area contributed by atoms with Crippen LogP contribution in [0.25, 0.3) is 0 Å². The van der Waals surface area contributed by atoms with E-state index in [2.05, 4.69) is 28.1 Å². The second-order valence-corrected chi connectivity index (χ2v) is 7.61. The lowest BCUT2D eigenvalue weighted by atomic mass is 10.0. The largest absolute Gasteiger partial charge is 1.00 e. The van der Waals surface area contributed by atoms with Gasteiger partial charge >= 0.3 is 1.43 Å². The number of hydrogen-bond donors (Lipinski definition) is 0. The van der Waals surface area contributed by atoms with Gasteiger partial charge < -0.3 is 4.48 Å². The molecule has 0 atom stereocenters. The lowest BCUT2D eigenvalue weighted by molar-refractivity contribution is -0.870. The molecule has 0 saturated heterocycles. The van der Waals surface area contributed by atoms with Crippen molar-refractivity contribution in [3.05, 3.63) is 0 Å². The van der Waals surface area contributed by atoms with Crippen molar-refractivity contribution in [2.75, 3.05) is 27.7 Å². The lowest BCUT2D eigenvalue weighted by Crippen LogP contribution is -2.35. The third-order valence-corrected chi connectivity index (χ3v) is 4.18. The molecule has 0 saturated carbocycles. The molecule has 0 unspecified atom stereocenters. The Labute approximate surface area is 143 Å². The molecule has 0 aliphatic rings. The van der Waals surface area contributed by atoms with Crippen LogP contribution in [0.2, 0.25) is 0 Å². The number of quaternary nitrogens is 1. The van der Waals surface area contributed by atoms with Crippen molar-refractivity contribution in [1.82, 2.24) is 0 Å². The summed E-state index contributed by atoms with van der Waals surface area (Å²) in [6, 6.07) is 0. The highest BCUT2D eigenvalue weighted by atomic mass is 35.5. The molecule has 0 spiro atoms. The number of nitrogens with zero attached hydrogens (tertiary/aromatic N) is 1. The summed E-state index contributed by atoms with van der Waals surface area (Å²) in [5, 5.41) is 0. The van der Waals surface area contributed by atoms with Crippen molar-refractivity contribution in [1.29, 1.82) is 0 Å². The van der Waals surface area contributed by atoms with E-state index < -0.39 is 0 Å². The molecule has 130 valence electrons. The van der Waals surface area contributed by atoms with Gasteiger partial charge in [0.2, 0.25) is 0 Å². The Morgan fingerprint density at radius 3 is 1.10 bits per heavy atom. The van der Waals surface area contributed by atoms with E-state index in [0.717, 1.165) is 4.48 Å². The summed E-state index contributed by atoms with van der Waals surface area (Å²) in [4.78, 5) is 0. The van der Waals surface area contributed by atoms with E-state index in [1.165, 1.54) is 96.4 Å². The van der Waals surface area contributed by atoms with Gasteiger partial charge in [-0.15, -0.1) is 12.4 Å². The Balaban J connectivity index is -0.00000180. The molecule has 0 N–H and O–H groups in total. The molecule has 0 heterocycles. The first kappa shape index (κ1) is 23.5. The van der Waals surface area contributed by atoms with Crippen LogP contribution in [0.15, 0.2) is 0 Å². The predicted molar refractivity (Wildman–Crippen MR) is 102 cm³/mol. The fourth-order valence-corrected chi connectivity index (χ4v) is 2.78. The van der Waals surface area contributed by atoms with Crippen molar-refractivity contribution in [2.45, 2.75) is 96.8 Å². The van der Waals surface area contributed by atoms with Crippen LogP contribution >= 0.6 is 12.4 Å². The Bertz CT molecular complexity index is 192. The standard InChI is InChI=1S/C19H42N.ClH/c1-5-6-7-8-9-10-11-12-13-14-15-16-17-18-19-20(2,3)4;/h5-19H2,1-4H3;1H/q+1;/p+1. The molecule has 0 aliphatic heterocycles. The van der Waals surface area contributed by atoms with Crippen LogP contribution in [0, 0.1) is 0 Å². The summed E-state index contributed by atoms with van der Waals surface area (Å²) in [7, 11) is 6.88. The van der Waals surface area contributed by atoms with E-state index >= 15 is 0 Å². The smallest absolute Gasteiger partial charge is 0.331 e. The van der Waals surface area contributed by atoms with Crippen LogP contribution in [-0.2, 0) is 0 Å². The zero-order valence-corrected chi connectivity index (χ0v) is 16.3. The van der Waals surface area contributed by atoms with Gasteiger partial charge in [0, 0.05) is 0 Å². The van der Waals surface area contributed by atoms with Crippen LogP contribution in [-0.4, -0.2) is 32.2 Å². The summed E-state index contributed by atoms with van der Waals surface area (Å²) in [6.07, 6.45) is 20.4.